The summed E-state index contributed by atoms with van der Waals surface area (Å²) in [5.41, 5.74) is -0.267. The first-order valence-electron chi connectivity index (χ1n) is 7.73. The number of halogens is 3. The van der Waals surface area contributed by atoms with E-state index in [0.29, 0.717) is 12.8 Å². The zero-order valence-electron chi connectivity index (χ0n) is 13.2. The van der Waals surface area contributed by atoms with E-state index in [9.17, 15) is 27.9 Å². The smallest absolute Gasteiger partial charge is 0.393 e. The first-order chi connectivity index (χ1) is 11.7. The minimum Gasteiger partial charge on any atom is -0.508 e. The van der Waals surface area contributed by atoms with Crippen molar-refractivity contribution in [1.29, 1.82) is 0 Å². The number of alkyl halides is 3. The molecule has 1 aromatic carbocycles. The lowest BCUT2D eigenvalue weighted by Gasteiger charge is -2.33. The van der Waals surface area contributed by atoms with Crippen LogP contribution in [0.3, 0.4) is 0 Å². The lowest BCUT2D eigenvalue weighted by molar-refractivity contribution is -0.189. The quantitative estimate of drug-likeness (QED) is 0.716. The number of esters is 1. The van der Waals surface area contributed by atoms with Gasteiger partial charge in [-0.2, -0.15) is 13.2 Å². The van der Waals surface area contributed by atoms with Crippen LogP contribution in [0.25, 0.3) is 0 Å². The van der Waals surface area contributed by atoms with Crippen molar-refractivity contribution in [2.24, 2.45) is 5.92 Å². The van der Waals surface area contributed by atoms with E-state index < -0.39 is 42.4 Å². The maximum Gasteiger partial charge on any atom is 0.393 e. The van der Waals surface area contributed by atoms with Crippen molar-refractivity contribution < 1.29 is 37.7 Å². The standard InChI is InChI=1S/C16H18F3NO5/c17-16(18,19)11-3-1-2-4-12(11)20-14(23)8-25-15(24)10-6-5-9(21)7-13(10)22/h5-7,11-12,21-22H,1-4,8H2,(H,20,23)/t11-,12-/m1/s1. The van der Waals surface area contributed by atoms with Crippen LogP contribution in [0.4, 0.5) is 13.2 Å². The molecule has 2 atom stereocenters. The molecule has 2 rings (SSSR count). The fourth-order valence-electron chi connectivity index (χ4n) is 2.85. The third kappa shape index (κ3) is 5.01. The summed E-state index contributed by atoms with van der Waals surface area (Å²) in [6.45, 7) is -0.764. The van der Waals surface area contributed by atoms with Crippen molar-refractivity contribution in [1.82, 2.24) is 5.32 Å². The molecule has 0 saturated heterocycles. The Morgan fingerprint density at radius 1 is 1.20 bits per heavy atom. The van der Waals surface area contributed by atoms with E-state index in [2.05, 4.69) is 5.32 Å². The first kappa shape index (κ1) is 18.9. The summed E-state index contributed by atoms with van der Waals surface area (Å²) in [4.78, 5) is 23.6. The number of phenolic OH excluding ortho intramolecular Hbond substituents is 2. The molecule has 25 heavy (non-hydrogen) atoms. The van der Waals surface area contributed by atoms with Crippen LogP contribution >= 0.6 is 0 Å². The van der Waals surface area contributed by atoms with Gasteiger partial charge in [0.05, 0.1) is 5.92 Å². The average molecular weight is 361 g/mol. The van der Waals surface area contributed by atoms with Gasteiger partial charge in [0.2, 0.25) is 0 Å². The Balaban J connectivity index is 1.90. The fraction of sp³-hybridized carbons (Fsp3) is 0.500. The molecule has 3 N–H and O–H groups in total. The van der Waals surface area contributed by atoms with Crippen molar-refractivity contribution in [3.8, 4) is 11.5 Å². The van der Waals surface area contributed by atoms with Crippen molar-refractivity contribution >= 4 is 11.9 Å². The molecule has 9 heteroatoms. The lowest BCUT2D eigenvalue weighted by atomic mass is 9.84. The molecule has 6 nitrogen and oxygen atoms in total. The molecule has 0 spiro atoms. The van der Waals surface area contributed by atoms with Crippen LogP contribution in [0.15, 0.2) is 18.2 Å². The van der Waals surface area contributed by atoms with E-state index in [0.717, 1.165) is 18.2 Å². The van der Waals surface area contributed by atoms with Gasteiger partial charge in [0, 0.05) is 12.1 Å². The highest BCUT2D eigenvalue weighted by atomic mass is 19.4. The van der Waals surface area contributed by atoms with E-state index in [1.807, 2.05) is 0 Å². The van der Waals surface area contributed by atoms with Gasteiger partial charge in [-0.1, -0.05) is 12.8 Å². The van der Waals surface area contributed by atoms with E-state index in [-0.39, 0.29) is 24.2 Å². The maximum absolute atomic E-state index is 13.0. The van der Waals surface area contributed by atoms with Gasteiger partial charge in [-0.05, 0) is 25.0 Å². The molecule has 1 amide bonds. The van der Waals surface area contributed by atoms with Crippen molar-refractivity contribution in [2.45, 2.75) is 37.9 Å². The van der Waals surface area contributed by atoms with Gasteiger partial charge in [-0.3, -0.25) is 4.79 Å². The van der Waals surface area contributed by atoms with E-state index in [1.54, 1.807) is 0 Å². The summed E-state index contributed by atoms with van der Waals surface area (Å²) in [6, 6.07) is 2.13. The third-order valence-corrected chi connectivity index (χ3v) is 4.07. The molecule has 1 saturated carbocycles. The highest BCUT2D eigenvalue weighted by Gasteiger charge is 2.45. The number of phenols is 2. The van der Waals surface area contributed by atoms with Crippen molar-refractivity contribution in [3.05, 3.63) is 23.8 Å². The average Bonchev–Trinajstić information content (AvgIpc) is 2.52. The molecule has 1 fully saturated rings. The molecular weight excluding hydrogens is 343 g/mol. The molecular formula is C16H18F3NO5. The summed E-state index contributed by atoms with van der Waals surface area (Å²) in [5.74, 6) is -4.27. The predicted molar refractivity (Wildman–Crippen MR) is 80.0 cm³/mol. The summed E-state index contributed by atoms with van der Waals surface area (Å²) in [5, 5.41) is 20.9. The second-order valence-electron chi connectivity index (χ2n) is 5.88. The van der Waals surface area contributed by atoms with Gasteiger partial charge in [0.15, 0.2) is 6.61 Å². The second-order valence-corrected chi connectivity index (χ2v) is 5.88. The topological polar surface area (TPSA) is 95.9 Å². The third-order valence-electron chi connectivity index (χ3n) is 4.07. The Kier molecular flexibility index (Phi) is 5.76. The van der Waals surface area contributed by atoms with Crippen LogP contribution in [0, 0.1) is 5.92 Å². The molecule has 0 radical (unpaired) electrons. The van der Waals surface area contributed by atoms with Gasteiger partial charge in [0.1, 0.15) is 17.1 Å². The lowest BCUT2D eigenvalue weighted by Crippen LogP contribution is -2.48. The van der Waals surface area contributed by atoms with Crippen LogP contribution < -0.4 is 5.32 Å². The highest BCUT2D eigenvalue weighted by molar-refractivity contribution is 5.94. The zero-order chi connectivity index (χ0) is 18.6. The maximum atomic E-state index is 13.0. The molecule has 0 heterocycles. The van der Waals surface area contributed by atoms with E-state index in [1.165, 1.54) is 0 Å². The number of rotatable bonds is 4. The molecule has 1 aliphatic rings. The minimum absolute atomic E-state index is 0.0460. The largest absolute Gasteiger partial charge is 0.508 e. The first-order valence-corrected chi connectivity index (χ1v) is 7.73. The SMILES string of the molecule is O=C(COC(=O)c1ccc(O)cc1O)N[C@@H]1CCCC[C@H]1C(F)(F)F. The van der Waals surface area contributed by atoms with Crippen LogP contribution in [-0.2, 0) is 9.53 Å². The summed E-state index contributed by atoms with van der Waals surface area (Å²) in [6.07, 6.45) is -3.20. The van der Waals surface area contributed by atoms with Crippen molar-refractivity contribution in [2.75, 3.05) is 6.61 Å². The van der Waals surface area contributed by atoms with E-state index in [4.69, 9.17) is 9.84 Å². The molecule has 1 aromatic rings. The Bertz CT molecular complexity index is 647. The van der Waals surface area contributed by atoms with Gasteiger partial charge >= 0.3 is 12.1 Å². The van der Waals surface area contributed by atoms with Gasteiger partial charge in [0.25, 0.3) is 5.91 Å². The molecule has 1 aliphatic carbocycles. The number of hydrogen-bond donors (Lipinski definition) is 3. The second kappa shape index (κ2) is 7.62. The number of carbonyl (C=O) groups is 2. The number of amides is 1. The van der Waals surface area contributed by atoms with Gasteiger partial charge in [-0.15, -0.1) is 0 Å². The number of benzene rings is 1. The molecule has 0 aliphatic heterocycles. The number of hydrogen-bond acceptors (Lipinski definition) is 5. The van der Waals surface area contributed by atoms with Crippen LogP contribution in [0.2, 0.25) is 0 Å². The monoisotopic (exact) mass is 361 g/mol. The Morgan fingerprint density at radius 3 is 2.52 bits per heavy atom. The van der Waals surface area contributed by atoms with Crippen LogP contribution in [0.1, 0.15) is 36.0 Å². The number of aromatic hydroxyl groups is 2. The van der Waals surface area contributed by atoms with Gasteiger partial charge in [-0.25, -0.2) is 4.79 Å². The molecule has 0 bridgehead atoms. The summed E-state index contributed by atoms with van der Waals surface area (Å²) < 4.78 is 43.6. The Hall–Kier alpha value is -2.45. The van der Waals surface area contributed by atoms with Crippen molar-refractivity contribution in [3.63, 3.8) is 0 Å². The van der Waals surface area contributed by atoms with Crippen LogP contribution in [0.5, 0.6) is 11.5 Å². The molecule has 0 aromatic heterocycles. The van der Waals surface area contributed by atoms with Crippen LogP contribution in [-0.4, -0.2) is 40.9 Å². The summed E-state index contributed by atoms with van der Waals surface area (Å²) >= 11 is 0. The van der Waals surface area contributed by atoms with E-state index >= 15 is 0 Å². The van der Waals surface area contributed by atoms with Gasteiger partial charge < -0.3 is 20.3 Å². The minimum atomic E-state index is -4.40. The predicted octanol–water partition coefficient (Wildman–Crippen LogP) is 2.49. The highest BCUT2D eigenvalue weighted by Crippen LogP contribution is 2.37. The Labute approximate surface area is 141 Å². The number of nitrogens with one attached hydrogen (secondary N) is 1. The summed E-state index contributed by atoms with van der Waals surface area (Å²) in [7, 11) is 0. The fourth-order valence-corrected chi connectivity index (χ4v) is 2.85. The number of carbonyl (C=O) groups excluding carboxylic acids is 2. The molecule has 138 valence electrons. The Morgan fingerprint density at radius 2 is 1.88 bits per heavy atom. The zero-order valence-corrected chi connectivity index (χ0v) is 13.2. The normalized spacial score (nSPS) is 20.8. The molecule has 0 unspecified atom stereocenters. The number of ether oxygens (including phenoxy) is 1.